The second kappa shape index (κ2) is 5.75. The minimum Gasteiger partial charge on any atom is -0.410 e. The number of carbonyl (C=O) groups excluding carboxylic acids is 2. The molecule has 0 heterocycles. The van der Waals surface area contributed by atoms with Gasteiger partial charge in [0.25, 0.3) is 0 Å². The van der Waals surface area contributed by atoms with Crippen LogP contribution in [-0.4, -0.2) is 25.1 Å². The van der Waals surface area contributed by atoms with Crippen LogP contribution in [-0.2, 0) is 4.79 Å². The lowest BCUT2D eigenvalue weighted by molar-refractivity contribution is -0.122. The number of benzene rings is 1. The van der Waals surface area contributed by atoms with Crippen molar-refractivity contribution in [1.82, 2.24) is 10.6 Å². The number of likely N-dealkylation sites (N-methyl/N-ethyl adjacent to an activating group) is 1. The van der Waals surface area contributed by atoms with Crippen molar-refractivity contribution >= 4 is 12.0 Å². The third kappa shape index (κ3) is 3.61. The maximum atomic E-state index is 11.3. The van der Waals surface area contributed by atoms with Crippen molar-refractivity contribution < 1.29 is 14.3 Å². The van der Waals surface area contributed by atoms with E-state index in [-0.39, 0.29) is 5.91 Å². The van der Waals surface area contributed by atoms with Gasteiger partial charge < -0.3 is 15.4 Å². The standard InChI is InChI=1S/C11H14N2O3/c1-8(10(14)12-2)13-11(15)16-9-6-4-3-5-7-9/h3-8H,1-2H3,(H,12,14)(H,13,15). The summed E-state index contributed by atoms with van der Waals surface area (Å²) in [5.74, 6) is 0.161. The number of nitrogens with one attached hydrogen (secondary N) is 2. The topological polar surface area (TPSA) is 67.4 Å². The first-order valence-electron chi connectivity index (χ1n) is 4.88. The lowest BCUT2D eigenvalue weighted by Gasteiger charge is -2.12. The maximum absolute atomic E-state index is 11.3. The number of carbonyl (C=O) groups is 2. The third-order valence-corrected chi connectivity index (χ3v) is 1.93. The van der Waals surface area contributed by atoms with Crippen molar-refractivity contribution in [2.75, 3.05) is 7.05 Å². The largest absolute Gasteiger partial charge is 0.413 e. The number of hydrogen-bond acceptors (Lipinski definition) is 3. The number of hydrogen-bond donors (Lipinski definition) is 2. The molecule has 2 N–H and O–H groups in total. The number of para-hydroxylation sites is 1. The molecule has 1 unspecified atom stereocenters. The first-order chi connectivity index (χ1) is 7.63. The lowest BCUT2D eigenvalue weighted by Crippen LogP contribution is -2.44. The van der Waals surface area contributed by atoms with Gasteiger partial charge in [0, 0.05) is 7.05 Å². The van der Waals surface area contributed by atoms with Crippen LogP contribution in [0.2, 0.25) is 0 Å². The average molecular weight is 222 g/mol. The lowest BCUT2D eigenvalue weighted by atomic mass is 10.3. The highest BCUT2D eigenvalue weighted by Gasteiger charge is 2.14. The predicted molar refractivity (Wildman–Crippen MR) is 59.1 cm³/mol. The van der Waals surface area contributed by atoms with E-state index in [0.717, 1.165) is 0 Å². The van der Waals surface area contributed by atoms with Gasteiger partial charge in [-0.3, -0.25) is 4.79 Å². The number of ether oxygens (including phenoxy) is 1. The molecule has 2 amide bonds. The summed E-state index contributed by atoms with van der Waals surface area (Å²) in [5, 5.41) is 4.83. The average Bonchev–Trinajstić information content (AvgIpc) is 2.29. The minimum absolute atomic E-state index is 0.273. The van der Waals surface area contributed by atoms with Crippen LogP contribution in [0.15, 0.2) is 30.3 Å². The molecule has 1 rings (SSSR count). The summed E-state index contributed by atoms with van der Waals surface area (Å²) < 4.78 is 4.95. The van der Waals surface area contributed by atoms with Gasteiger partial charge in [0.1, 0.15) is 11.8 Å². The fourth-order valence-corrected chi connectivity index (χ4v) is 1.08. The van der Waals surface area contributed by atoms with Gasteiger partial charge in [-0.25, -0.2) is 4.79 Å². The number of amides is 2. The van der Waals surface area contributed by atoms with Crippen LogP contribution < -0.4 is 15.4 Å². The molecule has 5 heteroatoms. The summed E-state index contributed by atoms with van der Waals surface area (Å²) in [7, 11) is 1.50. The Kier molecular flexibility index (Phi) is 4.32. The molecule has 0 radical (unpaired) electrons. The monoisotopic (exact) mass is 222 g/mol. The Morgan fingerprint density at radius 1 is 1.25 bits per heavy atom. The van der Waals surface area contributed by atoms with Crippen LogP contribution in [0.3, 0.4) is 0 Å². The van der Waals surface area contributed by atoms with Crippen LogP contribution in [0.25, 0.3) is 0 Å². The quantitative estimate of drug-likeness (QED) is 0.798. The van der Waals surface area contributed by atoms with E-state index in [0.29, 0.717) is 5.75 Å². The van der Waals surface area contributed by atoms with Crippen molar-refractivity contribution in [3.63, 3.8) is 0 Å². The summed E-state index contributed by atoms with van der Waals surface area (Å²) in [4.78, 5) is 22.4. The fraction of sp³-hybridized carbons (Fsp3) is 0.273. The van der Waals surface area contributed by atoms with Crippen LogP contribution in [0.5, 0.6) is 5.75 Å². The Hall–Kier alpha value is -2.04. The molecule has 0 aliphatic carbocycles. The summed E-state index contributed by atoms with van der Waals surface area (Å²) in [6.07, 6.45) is -0.651. The van der Waals surface area contributed by atoms with E-state index in [4.69, 9.17) is 4.74 Å². The summed E-state index contributed by atoms with van der Waals surface area (Å²) in [5.41, 5.74) is 0. The van der Waals surface area contributed by atoms with Gasteiger partial charge in [-0.05, 0) is 19.1 Å². The molecule has 1 aromatic rings. The van der Waals surface area contributed by atoms with Gasteiger partial charge >= 0.3 is 6.09 Å². The molecule has 0 spiro atoms. The molecule has 0 fully saturated rings. The van der Waals surface area contributed by atoms with Gasteiger partial charge in [-0.1, -0.05) is 18.2 Å². The number of rotatable bonds is 3. The van der Waals surface area contributed by atoms with Gasteiger partial charge in [-0.15, -0.1) is 0 Å². The molecule has 0 saturated carbocycles. The Morgan fingerprint density at radius 2 is 1.88 bits per heavy atom. The molecular weight excluding hydrogens is 208 g/mol. The maximum Gasteiger partial charge on any atom is 0.413 e. The third-order valence-electron chi connectivity index (χ3n) is 1.93. The van der Waals surface area contributed by atoms with E-state index in [1.165, 1.54) is 7.05 Å². The van der Waals surface area contributed by atoms with Gasteiger partial charge in [-0.2, -0.15) is 0 Å². The molecule has 0 saturated heterocycles. The summed E-state index contributed by atoms with van der Waals surface area (Å²) in [6, 6.07) is 8.02. The minimum atomic E-state index is -0.651. The highest BCUT2D eigenvalue weighted by molar-refractivity contribution is 5.85. The molecule has 5 nitrogen and oxygen atoms in total. The Morgan fingerprint density at radius 3 is 2.44 bits per heavy atom. The zero-order chi connectivity index (χ0) is 12.0. The molecule has 16 heavy (non-hydrogen) atoms. The van der Waals surface area contributed by atoms with E-state index in [1.807, 2.05) is 6.07 Å². The van der Waals surface area contributed by atoms with E-state index < -0.39 is 12.1 Å². The van der Waals surface area contributed by atoms with Gasteiger partial charge in [0.15, 0.2) is 0 Å². The smallest absolute Gasteiger partial charge is 0.410 e. The Labute approximate surface area is 93.8 Å². The van der Waals surface area contributed by atoms with Crippen molar-refractivity contribution in [2.24, 2.45) is 0 Å². The first-order valence-corrected chi connectivity index (χ1v) is 4.88. The van der Waals surface area contributed by atoms with Crippen LogP contribution in [0.4, 0.5) is 4.79 Å². The molecule has 0 aliphatic rings. The Balaban J connectivity index is 2.45. The summed E-state index contributed by atoms with van der Waals surface area (Å²) in [6.45, 7) is 1.57. The first kappa shape index (κ1) is 12.0. The van der Waals surface area contributed by atoms with E-state index in [2.05, 4.69) is 10.6 Å². The highest BCUT2D eigenvalue weighted by atomic mass is 16.6. The van der Waals surface area contributed by atoms with Crippen molar-refractivity contribution in [1.29, 1.82) is 0 Å². The van der Waals surface area contributed by atoms with Crippen molar-refractivity contribution in [2.45, 2.75) is 13.0 Å². The van der Waals surface area contributed by atoms with Crippen molar-refractivity contribution in [3.05, 3.63) is 30.3 Å². The zero-order valence-corrected chi connectivity index (χ0v) is 9.19. The fourth-order valence-electron chi connectivity index (χ4n) is 1.08. The predicted octanol–water partition coefficient (Wildman–Crippen LogP) is 0.909. The molecule has 0 bridgehead atoms. The molecule has 1 atom stereocenters. The van der Waals surface area contributed by atoms with Crippen LogP contribution >= 0.6 is 0 Å². The van der Waals surface area contributed by atoms with Gasteiger partial charge in [0.2, 0.25) is 5.91 Å². The molecule has 0 aliphatic heterocycles. The second-order valence-electron chi connectivity index (χ2n) is 3.18. The van der Waals surface area contributed by atoms with E-state index in [1.54, 1.807) is 31.2 Å². The Bertz CT molecular complexity index is 365. The van der Waals surface area contributed by atoms with E-state index in [9.17, 15) is 9.59 Å². The molecule has 86 valence electrons. The zero-order valence-electron chi connectivity index (χ0n) is 9.19. The molecular formula is C11H14N2O3. The second-order valence-corrected chi connectivity index (χ2v) is 3.18. The van der Waals surface area contributed by atoms with Crippen LogP contribution in [0, 0.1) is 0 Å². The highest BCUT2D eigenvalue weighted by Crippen LogP contribution is 2.08. The normalized spacial score (nSPS) is 11.4. The van der Waals surface area contributed by atoms with E-state index >= 15 is 0 Å². The molecule has 1 aromatic carbocycles. The summed E-state index contributed by atoms with van der Waals surface area (Å²) >= 11 is 0. The SMILES string of the molecule is CNC(=O)C(C)NC(=O)Oc1ccccc1. The van der Waals surface area contributed by atoms with Crippen molar-refractivity contribution in [3.8, 4) is 5.75 Å². The van der Waals surface area contributed by atoms with Crippen LogP contribution in [0.1, 0.15) is 6.92 Å². The van der Waals surface area contributed by atoms with Gasteiger partial charge in [0.05, 0.1) is 0 Å². The molecule has 0 aromatic heterocycles.